The number of carbonyl (C=O) groups excluding carboxylic acids is 1. The predicted octanol–water partition coefficient (Wildman–Crippen LogP) is 3.93. The molecule has 1 heterocycles. The number of para-hydroxylation sites is 1. The van der Waals surface area contributed by atoms with Crippen molar-refractivity contribution in [1.29, 1.82) is 0 Å². The van der Waals surface area contributed by atoms with Crippen molar-refractivity contribution in [2.75, 3.05) is 5.32 Å². The smallest absolute Gasteiger partial charge is 0.274 e. The Labute approximate surface area is 121 Å². The lowest BCUT2D eigenvalue weighted by molar-refractivity contribution is 0.102. The highest BCUT2D eigenvalue weighted by Gasteiger charge is 2.10. The molecule has 4 heteroatoms. The minimum absolute atomic E-state index is 0.188. The Balaban J connectivity index is 1.91. The van der Waals surface area contributed by atoms with Gasteiger partial charge in [0.2, 0.25) is 0 Å². The van der Waals surface area contributed by atoms with Crippen molar-refractivity contribution in [2.24, 2.45) is 0 Å². The summed E-state index contributed by atoms with van der Waals surface area (Å²) in [7, 11) is 0. The molecule has 1 amide bonds. The number of anilines is 1. The Morgan fingerprint density at radius 1 is 1.05 bits per heavy atom. The molecule has 1 N–H and O–H groups in total. The SMILES string of the molecule is Cc1ccc(NC(=O)c2ccc3cccc(F)c3n2)cc1. The number of fused-ring (bicyclic) bond motifs is 1. The van der Waals surface area contributed by atoms with Crippen LogP contribution in [-0.2, 0) is 0 Å². The van der Waals surface area contributed by atoms with E-state index in [0.717, 1.165) is 5.56 Å². The normalized spacial score (nSPS) is 10.6. The van der Waals surface area contributed by atoms with E-state index in [0.29, 0.717) is 11.1 Å². The number of carbonyl (C=O) groups is 1. The van der Waals surface area contributed by atoms with E-state index in [4.69, 9.17) is 0 Å². The number of nitrogens with one attached hydrogen (secondary N) is 1. The fourth-order valence-electron chi connectivity index (χ4n) is 2.07. The van der Waals surface area contributed by atoms with E-state index in [2.05, 4.69) is 10.3 Å². The molecule has 0 aliphatic rings. The summed E-state index contributed by atoms with van der Waals surface area (Å²) in [6.07, 6.45) is 0. The number of amides is 1. The first-order valence-corrected chi connectivity index (χ1v) is 6.57. The number of halogens is 1. The molecule has 0 atom stereocenters. The van der Waals surface area contributed by atoms with Gasteiger partial charge in [0.05, 0.1) is 0 Å². The van der Waals surface area contributed by atoms with Crippen molar-refractivity contribution < 1.29 is 9.18 Å². The zero-order valence-corrected chi connectivity index (χ0v) is 11.4. The molecule has 104 valence electrons. The number of aryl methyl sites for hydroxylation is 1. The fraction of sp³-hybridized carbons (Fsp3) is 0.0588. The van der Waals surface area contributed by atoms with E-state index >= 15 is 0 Å². The first-order chi connectivity index (χ1) is 10.1. The molecule has 1 aromatic heterocycles. The topological polar surface area (TPSA) is 42.0 Å². The number of nitrogens with zero attached hydrogens (tertiary/aromatic N) is 1. The van der Waals surface area contributed by atoms with Gasteiger partial charge in [-0.05, 0) is 31.2 Å². The van der Waals surface area contributed by atoms with Crippen molar-refractivity contribution in [2.45, 2.75) is 6.92 Å². The summed E-state index contributed by atoms with van der Waals surface area (Å²) in [6.45, 7) is 1.97. The third-order valence-corrected chi connectivity index (χ3v) is 3.21. The van der Waals surface area contributed by atoms with Crippen LogP contribution in [0.25, 0.3) is 10.9 Å². The molecule has 0 bridgehead atoms. The molecular formula is C17H13FN2O. The fourth-order valence-corrected chi connectivity index (χ4v) is 2.07. The van der Waals surface area contributed by atoms with Crippen LogP contribution in [0.4, 0.5) is 10.1 Å². The van der Waals surface area contributed by atoms with Crippen molar-refractivity contribution in [3.8, 4) is 0 Å². The quantitative estimate of drug-likeness (QED) is 0.772. The van der Waals surface area contributed by atoms with Crippen LogP contribution >= 0.6 is 0 Å². The van der Waals surface area contributed by atoms with Crippen molar-refractivity contribution in [1.82, 2.24) is 4.98 Å². The molecule has 3 nitrogen and oxygen atoms in total. The van der Waals surface area contributed by atoms with E-state index in [9.17, 15) is 9.18 Å². The first-order valence-electron chi connectivity index (χ1n) is 6.57. The lowest BCUT2D eigenvalue weighted by Gasteiger charge is -2.06. The Hall–Kier alpha value is -2.75. The maximum absolute atomic E-state index is 13.7. The molecule has 0 saturated heterocycles. The number of pyridine rings is 1. The van der Waals surface area contributed by atoms with Crippen molar-refractivity contribution in [3.63, 3.8) is 0 Å². The van der Waals surface area contributed by atoms with Crippen LogP contribution in [0.1, 0.15) is 16.1 Å². The zero-order valence-electron chi connectivity index (χ0n) is 11.4. The average molecular weight is 280 g/mol. The minimum atomic E-state index is -0.433. The average Bonchev–Trinajstić information content (AvgIpc) is 2.50. The largest absolute Gasteiger partial charge is 0.321 e. The van der Waals surface area contributed by atoms with E-state index in [-0.39, 0.29) is 17.1 Å². The molecule has 0 radical (unpaired) electrons. The monoisotopic (exact) mass is 280 g/mol. The Kier molecular flexibility index (Phi) is 3.36. The van der Waals surface area contributed by atoms with Crippen molar-refractivity contribution >= 4 is 22.5 Å². The Morgan fingerprint density at radius 2 is 1.81 bits per heavy atom. The Morgan fingerprint density at radius 3 is 2.57 bits per heavy atom. The van der Waals surface area contributed by atoms with Crippen LogP contribution in [-0.4, -0.2) is 10.9 Å². The molecule has 21 heavy (non-hydrogen) atoms. The van der Waals surface area contributed by atoms with E-state index in [1.54, 1.807) is 24.3 Å². The van der Waals surface area contributed by atoms with Crippen LogP contribution in [0, 0.1) is 12.7 Å². The molecule has 2 aromatic carbocycles. The molecule has 0 fully saturated rings. The van der Waals surface area contributed by atoms with E-state index < -0.39 is 5.82 Å². The van der Waals surface area contributed by atoms with Gasteiger partial charge in [0.25, 0.3) is 5.91 Å². The van der Waals surface area contributed by atoms with Crippen molar-refractivity contribution in [3.05, 3.63) is 71.7 Å². The van der Waals surface area contributed by atoms with Gasteiger partial charge < -0.3 is 5.32 Å². The van der Waals surface area contributed by atoms with Gasteiger partial charge in [-0.3, -0.25) is 4.79 Å². The second-order valence-corrected chi connectivity index (χ2v) is 4.83. The van der Waals surface area contributed by atoms with Crippen LogP contribution in [0.2, 0.25) is 0 Å². The summed E-state index contributed by atoms with van der Waals surface area (Å²) in [5.41, 5.74) is 2.18. The second-order valence-electron chi connectivity index (χ2n) is 4.83. The molecular weight excluding hydrogens is 267 g/mol. The number of rotatable bonds is 2. The molecule has 3 rings (SSSR count). The third kappa shape index (κ3) is 2.74. The van der Waals surface area contributed by atoms with Gasteiger partial charge in [-0.1, -0.05) is 35.9 Å². The summed E-state index contributed by atoms with van der Waals surface area (Å²) >= 11 is 0. The molecule has 0 spiro atoms. The third-order valence-electron chi connectivity index (χ3n) is 3.21. The molecule has 0 saturated carbocycles. The van der Waals surface area contributed by atoms with E-state index in [1.807, 2.05) is 31.2 Å². The van der Waals surface area contributed by atoms with Gasteiger partial charge in [0.15, 0.2) is 0 Å². The maximum atomic E-state index is 13.7. The zero-order chi connectivity index (χ0) is 14.8. The first kappa shape index (κ1) is 13.2. The van der Waals surface area contributed by atoms with Gasteiger partial charge >= 0.3 is 0 Å². The number of hydrogen-bond acceptors (Lipinski definition) is 2. The van der Waals surface area contributed by atoms with Crippen LogP contribution < -0.4 is 5.32 Å². The number of hydrogen-bond donors (Lipinski definition) is 1. The highest BCUT2D eigenvalue weighted by molar-refractivity contribution is 6.04. The Bertz CT molecular complexity index is 813. The lowest BCUT2D eigenvalue weighted by atomic mass is 10.2. The molecule has 3 aromatic rings. The van der Waals surface area contributed by atoms with Gasteiger partial charge in [0.1, 0.15) is 17.0 Å². The predicted molar refractivity (Wildman–Crippen MR) is 80.8 cm³/mol. The highest BCUT2D eigenvalue weighted by Crippen LogP contribution is 2.17. The summed E-state index contributed by atoms with van der Waals surface area (Å²) < 4.78 is 13.7. The molecule has 0 aliphatic heterocycles. The molecule has 0 aliphatic carbocycles. The van der Waals surface area contributed by atoms with Crippen LogP contribution in [0.15, 0.2) is 54.6 Å². The van der Waals surface area contributed by atoms with Gasteiger partial charge in [0, 0.05) is 11.1 Å². The van der Waals surface area contributed by atoms with E-state index in [1.165, 1.54) is 6.07 Å². The van der Waals surface area contributed by atoms with Crippen LogP contribution in [0.5, 0.6) is 0 Å². The lowest BCUT2D eigenvalue weighted by Crippen LogP contribution is -2.13. The summed E-state index contributed by atoms with van der Waals surface area (Å²) in [4.78, 5) is 16.3. The maximum Gasteiger partial charge on any atom is 0.274 e. The highest BCUT2D eigenvalue weighted by atomic mass is 19.1. The summed E-state index contributed by atoms with van der Waals surface area (Å²) in [5, 5.41) is 3.41. The minimum Gasteiger partial charge on any atom is -0.321 e. The van der Waals surface area contributed by atoms with Gasteiger partial charge in [-0.2, -0.15) is 0 Å². The van der Waals surface area contributed by atoms with Gasteiger partial charge in [-0.15, -0.1) is 0 Å². The second kappa shape index (κ2) is 5.32. The number of aromatic nitrogens is 1. The van der Waals surface area contributed by atoms with Gasteiger partial charge in [-0.25, -0.2) is 9.37 Å². The standard InChI is InChI=1S/C17H13FN2O/c1-11-5-8-13(9-6-11)19-17(21)15-10-7-12-3-2-4-14(18)16(12)20-15/h2-10H,1H3,(H,19,21). The molecule has 0 unspecified atom stereocenters. The summed E-state index contributed by atoms with van der Waals surface area (Å²) in [6, 6.07) is 15.4. The summed E-state index contributed by atoms with van der Waals surface area (Å²) in [5.74, 6) is -0.790. The number of benzene rings is 2. The van der Waals surface area contributed by atoms with Crippen LogP contribution in [0.3, 0.4) is 0 Å².